The van der Waals surface area contributed by atoms with E-state index < -0.39 is 0 Å². The van der Waals surface area contributed by atoms with Crippen molar-refractivity contribution >= 4 is 10.8 Å². The van der Waals surface area contributed by atoms with Crippen LogP contribution in [0.15, 0.2) is 48.5 Å². The summed E-state index contributed by atoms with van der Waals surface area (Å²) in [4.78, 5) is 0. The summed E-state index contributed by atoms with van der Waals surface area (Å²) in [5, 5.41) is 21.5. The number of rotatable bonds is 0. The van der Waals surface area contributed by atoms with Gasteiger partial charge in [0.1, 0.15) is 5.75 Å². The second-order valence-electron chi connectivity index (χ2n) is 6.36. The zero-order valence-electron chi connectivity index (χ0n) is 12.5. The minimum atomic E-state index is -0.223. The molecule has 0 fully saturated rings. The Morgan fingerprint density at radius 3 is 2.41 bits per heavy atom. The molecule has 106 valence electrons. The number of fused-ring (bicyclic) bond motifs is 5. The second-order valence-corrected chi connectivity index (χ2v) is 6.36. The topological polar surface area (TPSA) is 44.0 Å². The minimum Gasteiger partial charge on any atom is -0.507 e. The quantitative estimate of drug-likeness (QED) is 0.649. The molecule has 2 heteroatoms. The lowest BCUT2D eigenvalue weighted by Crippen LogP contribution is -2.15. The highest BCUT2D eigenvalue weighted by atomic mass is 16.3. The smallest absolute Gasteiger partial charge is 0.123 e. The van der Waals surface area contributed by atoms with E-state index in [2.05, 4.69) is 26.0 Å². The molecule has 22 heavy (non-hydrogen) atoms. The predicted octanol–water partition coefficient (Wildman–Crippen LogP) is 4.72. The van der Waals surface area contributed by atoms with Gasteiger partial charge < -0.3 is 5.11 Å². The molecule has 0 unspecified atom stereocenters. The number of nitrogens with zero attached hydrogens (tertiary/aromatic N) is 1. The summed E-state index contributed by atoms with van der Waals surface area (Å²) in [6.45, 7) is 4.29. The molecule has 4 rings (SSSR count). The Bertz CT molecular complexity index is 977. The Morgan fingerprint density at radius 1 is 0.955 bits per heavy atom. The molecule has 0 radical (unpaired) electrons. The molecule has 0 amide bonds. The summed E-state index contributed by atoms with van der Waals surface area (Å²) in [6, 6.07) is 17.9. The van der Waals surface area contributed by atoms with Crippen molar-refractivity contribution in [2.75, 3.05) is 0 Å². The van der Waals surface area contributed by atoms with E-state index in [9.17, 15) is 10.4 Å². The first-order chi connectivity index (χ1) is 10.5. The van der Waals surface area contributed by atoms with Gasteiger partial charge in [0, 0.05) is 10.8 Å². The average Bonchev–Trinajstić information content (AvgIpc) is 2.75. The van der Waals surface area contributed by atoms with Crippen LogP contribution in [-0.2, 0) is 5.41 Å². The Labute approximate surface area is 129 Å². The summed E-state index contributed by atoms with van der Waals surface area (Å²) >= 11 is 0. The van der Waals surface area contributed by atoms with Crippen LogP contribution in [0.1, 0.15) is 30.5 Å². The van der Waals surface area contributed by atoms with Crippen molar-refractivity contribution in [3.63, 3.8) is 0 Å². The maximum absolute atomic E-state index is 10.4. The molecule has 1 aliphatic carbocycles. The Morgan fingerprint density at radius 2 is 1.68 bits per heavy atom. The van der Waals surface area contributed by atoms with Crippen LogP contribution in [0.25, 0.3) is 21.9 Å². The third kappa shape index (κ3) is 1.48. The number of phenolic OH excluding ortho intramolecular Hbond substituents is 1. The van der Waals surface area contributed by atoms with Crippen molar-refractivity contribution in [1.82, 2.24) is 0 Å². The monoisotopic (exact) mass is 285 g/mol. The third-order valence-electron chi connectivity index (χ3n) is 4.79. The SMILES string of the molecule is CC1(C)c2cc(C#N)ccc2-c2c1cc(O)c1ccccc21. The van der Waals surface area contributed by atoms with Gasteiger partial charge in [0.05, 0.1) is 11.6 Å². The normalized spacial score (nSPS) is 14.4. The van der Waals surface area contributed by atoms with Gasteiger partial charge in [-0.15, -0.1) is 0 Å². The predicted molar refractivity (Wildman–Crippen MR) is 87.9 cm³/mol. The fourth-order valence-electron chi connectivity index (χ4n) is 3.63. The van der Waals surface area contributed by atoms with E-state index >= 15 is 0 Å². The van der Waals surface area contributed by atoms with Crippen molar-refractivity contribution in [2.45, 2.75) is 19.3 Å². The van der Waals surface area contributed by atoms with Gasteiger partial charge in [-0.1, -0.05) is 44.2 Å². The first-order valence-corrected chi connectivity index (χ1v) is 7.34. The number of aromatic hydroxyl groups is 1. The van der Waals surface area contributed by atoms with Crippen molar-refractivity contribution in [3.05, 3.63) is 65.2 Å². The maximum Gasteiger partial charge on any atom is 0.123 e. The standard InChI is InChI=1S/C20H15NO/c1-20(2)16-9-12(11-21)7-8-15(16)19-14-6-4-3-5-13(14)18(22)10-17(19)20/h3-10,22H,1-2H3. The van der Waals surface area contributed by atoms with Gasteiger partial charge in [0.15, 0.2) is 0 Å². The number of benzene rings is 3. The molecule has 0 atom stereocenters. The zero-order valence-corrected chi connectivity index (χ0v) is 12.5. The first-order valence-electron chi connectivity index (χ1n) is 7.34. The number of phenols is 1. The summed E-state index contributed by atoms with van der Waals surface area (Å²) in [5.74, 6) is 0.315. The van der Waals surface area contributed by atoms with Crippen LogP contribution < -0.4 is 0 Å². The molecule has 2 nitrogen and oxygen atoms in total. The lowest BCUT2D eigenvalue weighted by molar-refractivity contribution is 0.479. The van der Waals surface area contributed by atoms with Crippen LogP contribution in [0.5, 0.6) is 5.75 Å². The summed E-state index contributed by atoms with van der Waals surface area (Å²) in [6.07, 6.45) is 0. The Hall–Kier alpha value is -2.79. The molecule has 3 aromatic rings. The first kappa shape index (κ1) is 12.9. The van der Waals surface area contributed by atoms with Crippen LogP contribution in [0.4, 0.5) is 0 Å². The number of nitriles is 1. The lowest BCUT2D eigenvalue weighted by Gasteiger charge is -2.22. The van der Waals surface area contributed by atoms with E-state index in [0.717, 1.165) is 27.5 Å². The van der Waals surface area contributed by atoms with Gasteiger partial charge in [0.25, 0.3) is 0 Å². The van der Waals surface area contributed by atoms with E-state index in [1.54, 1.807) is 0 Å². The summed E-state index contributed by atoms with van der Waals surface area (Å²) in [7, 11) is 0. The van der Waals surface area contributed by atoms with Gasteiger partial charge in [-0.2, -0.15) is 5.26 Å². The van der Waals surface area contributed by atoms with Crippen molar-refractivity contribution in [2.24, 2.45) is 0 Å². The molecule has 0 saturated heterocycles. The van der Waals surface area contributed by atoms with Gasteiger partial charge in [-0.25, -0.2) is 0 Å². The Balaban J connectivity index is 2.19. The van der Waals surface area contributed by atoms with E-state index in [4.69, 9.17) is 0 Å². The molecule has 0 spiro atoms. The molecule has 0 aromatic heterocycles. The molecule has 1 N–H and O–H groups in total. The van der Waals surface area contributed by atoms with Crippen LogP contribution >= 0.6 is 0 Å². The van der Waals surface area contributed by atoms with E-state index in [1.807, 2.05) is 42.5 Å². The highest BCUT2D eigenvalue weighted by molar-refractivity contribution is 6.05. The maximum atomic E-state index is 10.4. The van der Waals surface area contributed by atoms with E-state index in [-0.39, 0.29) is 5.41 Å². The van der Waals surface area contributed by atoms with Crippen molar-refractivity contribution < 1.29 is 5.11 Å². The fraction of sp³-hybridized carbons (Fsp3) is 0.150. The van der Waals surface area contributed by atoms with E-state index in [1.165, 1.54) is 5.56 Å². The largest absolute Gasteiger partial charge is 0.507 e. The molecule has 3 aromatic carbocycles. The van der Waals surface area contributed by atoms with Crippen LogP contribution in [0, 0.1) is 11.3 Å². The molecular weight excluding hydrogens is 270 g/mol. The van der Waals surface area contributed by atoms with E-state index in [0.29, 0.717) is 11.3 Å². The lowest BCUT2D eigenvalue weighted by atomic mass is 9.81. The van der Waals surface area contributed by atoms with Crippen LogP contribution in [0.3, 0.4) is 0 Å². The minimum absolute atomic E-state index is 0.223. The number of hydrogen-bond acceptors (Lipinski definition) is 2. The molecule has 0 saturated carbocycles. The van der Waals surface area contributed by atoms with Gasteiger partial charge >= 0.3 is 0 Å². The fourth-order valence-corrected chi connectivity index (χ4v) is 3.63. The number of hydrogen-bond donors (Lipinski definition) is 1. The highest BCUT2D eigenvalue weighted by Gasteiger charge is 2.37. The summed E-state index contributed by atoms with van der Waals surface area (Å²) in [5.41, 5.74) is 5.06. The highest BCUT2D eigenvalue weighted by Crippen LogP contribution is 2.53. The van der Waals surface area contributed by atoms with Gasteiger partial charge in [-0.05, 0) is 45.8 Å². The molecule has 0 heterocycles. The van der Waals surface area contributed by atoms with Crippen LogP contribution in [0.2, 0.25) is 0 Å². The van der Waals surface area contributed by atoms with Gasteiger partial charge in [0.2, 0.25) is 0 Å². The third-order valence-corrected chi connectivity index (χ3v) is 4.79. The molecular formula is C20H15NO. The second kappa shape index (κ2) is 4.11. The van der Waals surface area contributed by atoms with Crippen LogP contribution in [-0.4, -0.2) is 5.11 Å². The van der Waals surface area contributed by atoms with Gasteiger partial charge in [-0.3, -0.25) is 0 Å². The van der Waals surface area contributed by atoms with Crippen molar-refractivity contribution in [1.29, 1.82) is 5.26 Å². The van der Waals surface area contributed by atoms with Crippen molar-refractivity contribution in [3.8, 4) is 22.9 Å². The molecule has 0 bridgehead atoms. The molecule has 0 aliphatic heterocycles. The Kier molecular flexibility index (Phi) is 2.41. The zero-order chi connectivity index (χ0) is 15.5. The molecule has 1 aliphatic rings. The average molecular weight is 285 g/mol. The summed E-state index contributed by atoms with van der Waals surface area (Å²) < 4.78 is 0.